The van der Waals surface area contributed by atoms with Crippen LogP contribution in [0, 0.1) is 0 Å². The van der Waals surface area contributed by atoms with Crippen LogP contribution in [0.2, 0.25) is 0 Å². The second-order valence-electron chi connectivity index (χ2n) is 4.79. The minimum Gasteiger partial charge on any atom is -0.447 e. The fourth-order valence-electron chi connectivity index (χ4n) is 1.75. The van der Waals surface area contributed by atoms with Crippen molar-refractivity contribution in [3.8, 4) is 0 Å². The van der Waals surface area contributed by atoms with Gasteiger partial charge in [-0.3, -0.25) is 0 Å². The third kappa shape index (κ3) is 5.32. The van der Waals surface area contributed by atoms with E-state index in [1.54, 1.807) is 6.07 Å². The zero-order chi connectivity index (χ0) is 14.5. The van der Waals surface area contributed by atoms with E-state index in [0.29, 0.717) is 18.8 Å². The van der Waals surface area contributed by atoms with E-state index in [9.17, 15) is 8.42 Å². The number of sulfonamides is 1. The lowest BCUT2D eigenvalue weighted by Crippen LogP contribution is -2.39. The van der Waals surface area contributed by atoms with Gasteiger partial charge in [-0.15, -0.1) is 0 Å². The summed E-state index contributed by atoms with van der Waals surface area (Å²) >= 11 is 0. The molecule has 110 valence electrons. The van der Waals surface area contributed by atoms with Crippen molar-refractivity contribution in [1.82, 2.24) is 14.9 Å². The van der Waals surface area contributed by atoms with Crippen molar-refractivity contribution in [3.63, 3.8) is 0 Å². The molecule has 0 aliphatic carbocycles. The van der Waals surface area contributed by atoms with E-state index in [4.69, 9.17) is 4.42 Å². The van der Waals surface area contributed by atoms with Crippen LogP contribution in [0.15, 0.2) is 21.6 Å². The molecule has 0 aliphatic heterocycles. The van der Waals surface area contributed by atoms with Gasteiger partial charge in [0.05, 0.1) is 6.54 Å². The Bertz CT molecular complexity index is 482. The monoisotopic (exact) mass is 289 g/mol. The summed E-state index contributed by atoms with van der Waals surface area (Å²) in [6.07, 6.45) is 0. The molecule has 1 aromatic heterocycles. The molecule has 0 saturated carbocycles. The van der Waals surface area contributed by atoms with Crippen molar-refractivity contribution in [3.05, 3.63) is 17.9 Å². The predicted octanol–water partition coefficient (Wildman–Crippen LogP) is 0.618. The first-order chi connectivity index (χ1) is 8.85. The van der Waals surface area contributed by atoms with Crippen LogP contribution in [0.4, 0.5) is 0 Å². The summed E-state index contributed by atoms with van der Waals surface area (Å²) in [4.78, 5) is 1.92. The van der Waals surface area contributed by atoms with Crippen molar-refractivity contribution in [1.29, 1.82) is 0 Å². The molecule has 0 saturated heterocycles. The van der Waals surface area contributed by atoms with Gasteiger partial charge >= 0.3 is 0 Å². The second kappa shape index (κ2) is 7.04. The lowest BCUT2D eigenvalue weighted by atomic mass is 10.3. The van der Waals surface area contributed by atoms with Gasteiger partial charge in [-0.2, -0.15) is 0 Å². The Hall–Kier alpha value is -0.890. The van der Waals surface area contributed by atoms with Gasteiger partial charge in [0.2, 0.25) is 5.09 Å². The highest BCUT2D eigenvalue weighted by Gasteiger charge is 2.21. The Morgan fingerprint density at radius 3 is 2.63 bits per heavy atom. The Kier molecular flexibility index (Phi) is 5.99. The van der Waals surface area contributed by atoms with Crippen molar-refractivity contribution in [2.75, 3.05) is 27.2 Å². The molecule has 1 rings (SSSR count). The van der Waals surface area contributed by atoms with Gasteiger partial charge in [0, 0.05) is 12.6 Å². The molecule has 1 aromatic rings. The third-order valence-corrected chi connectivity index (χ3v) is 3.91. The topological polar surface area (TPSA) is 74.6 Å². The van der Waals surface area contributed by atoms with E-state index in [1.807, 2.05) is 32.8 Å². The van der Waals surface area contributed by atoms with Gasteiger partial charge in [-0.05, 0) is 39.7 Å². The van der Waals surface area contributed by atoms with Gasteiger partial charge in [-0.1, -0.05) is 6.92 Å². The average molecular weight is 289 g/mol. The summed E-state index contributed by atoms with van der Waals surface area (Å²) in [5, 5.41) is 3.04. The zero-order valence-electron chi connectivity index (χ0n) is 11.9. The van der Waals surface area contributed by atoms with Crippen molar-refractivity contribution in [2.45, 2.75) is 31.5 Å². The molecule has 0 radical (unpaired) electrons. The summed E-state index contributed by atoms with van der Waals surface area (Å²) < 4.78 is 32.1. The van der Waals surface area contributed by atoms with Crippen LogP contribution in [-0.4, -0.2) is 46.5 Å². The molecule has 0 spiro atoms. The first-order valence-corrected chi connectivity index (χ1v) is 7.80. The van der Waals surface area contributed by atoms with Gasteiger partial charge in [-0.25, -0.2) is 13.1 Å². The molecular formula is C12H23N3O3S. The van der Waals surface area contributed by atoms with E-state index in [2.05, 4.69) is 10.0 Å². The molecule has 7 heteroatoms. The minimum absolute atomic E-state index is 0.0361. The highest BCUT2D eigenvalue weighted by Crippen LogP contribution is 2.14. The Labute approximate surface area is 115 Å². The van der Waals surface area contributed by atoms with Gasteiger partial charge in [0.15, 0.2) is 0 Å². The van der Waals surface area contributed by atoms with Crippen molar-refractivity contribution < 1.29 is 12.8 Å². The fraction of sp³-hybridized carbons (Fsp3) is 0.667. The Balaban J connectivity index is 2.69. The molecule has 0 aliphatic rings. The lowest BCUT2D eigenvalue weighted by molar-refractivity contribution is 0.364. The molecule has 0 aromatic carbocycles. The summed E-state index contributed by atoms with van der Waals surface area (Å²) in [7, 11) is 0.210. The van der Waals surface area contributed by atoms with Crippen LogP contribution >= 0.6 is 0 Å². The van der Waals surface area contributed by atoms with E-state index < -0.39 is 10.0 Å². The van der Waals surface area contributed by atoms with E-state index in [-0.39, 0.29) is 11.1 Å². The quantitative estimate of drug-likeness (QED) is 0.734. The minimum atomic E-state index is -3.58. The summed E-state index contributed by atoms with van der Waals surface area (Å²) in [6.45, 7) is 5.76. The largest absolute Gasteiger partial charge is 0.447 e. The molecule has 19 heavy (non-hydrogen) atoms. The molecule has 1 heterocycles. The van der Waals surface area contributed by atoms with E-state index >= 15 is 0 Å². The van der Waals surface area contributed by atoms with Gasteiger partial charge in [0.25, 0.3) is 10.0 Å². The molecule has 0 bridgehead atoms. The Morgan fingerprint density at radius 1 is 1.37 bits per heavy atom. The van der Waals surface area contributed by atoms with Crippen molar-refractivity contribution in [2.24, 2.45) is 0 Å². The normalized spacial score (nSPS) is 13.9. The summed E-state index contributed by atoms with van der Waals surface area (Å²) in [6, 6.07) is 2.98. The van der Waals surface area contributed by atoms with Gasteiger partial charge in [0.1, 0.15) is 5.76 Å². The number of hydrogen-bond donors (Lipinski definition) is 2. The highest BCUT2D eigenvalue weighted by atomic mass is 32.2. The summed E-state index contributed by atoms with van der Waals surface area (Å²) in [5.74, 6) is 0.613. The highest BCUT2D eigenvalue weighted by molar-refractivity contribution is 7.89. The lowest BCUT2D eigenvalue weighted by Gasteiger charge is -2.17. The van der Waals surface area contributed by atoms with Crippen LogP contribution < -0.4 is 10.0 Å². The molecule has 6 nitrogen and oxygen atoms in total. The maximum Gasteiger partial charge on any atom is 0.274 e. The van der Waals surface area contributed by atoms with Crippen LogP contribution in [0.5, 0.6) is 0 Å². The van der Waals surface area contributed by atoms with Crippen molar-refractivity contribution >= 4 is 10.0 Å². The van der Waals surface area contributed by atoms with Crippen LogP contribution in [0.3, 0.4) is 0 Å². The zero-order valence-corrected chi connectivity index (χ0v) is 12.8. The third-order valence-electron chi connectivity index (χ3n) is 2.45. The molecule has 1 atom stereocenters. The number of rotatable bonds is 8. The van der Waals surface area contributed by atoms with Crippen LogP contribution in [0.1, 0.15) is 19.6 Å². The second-order valence-corrected chi connectivity index (χ2v) is 6.43. The SMILES string of the molecule is CCNCc1ccc(S(=O)(=O)NC(C)CN(C)C)o1. The first-order valence-electron chi connectivity index (χ1n) is 6.31. The number of hydrogen-bond acceptors (Lipinski definition) is 5. The predicted molar refractivity (Wildman–Crippen MR) is 74.4 cm³/mol. The number of likely N-dealkylation sites (N-methyl/N-ethyl adjacent to an activating group) is 1. The first kappa shape index (κ1) is 16.2. The Morgan fingerprint density at radius 2 is 2.05 bits per heavy atom. The number of nitrogens with zero attached hydrogens (tertiary/aromatic N) is 1. The van der Waals surface area contributed by atoms with Crippen LogP contribution in [-0.2, 0) is 16.6 Å². The fourth-order valence-corrected chi connectivity index (χ4v) is 2.94. The van der Waals surface area contributed by atoms with Gasteiger partial charge < -0.3 is 14.6 Å². The number of furan rings is 1. The molecule has 0 fully saturated rings. The standard InChI is InChI=1S/C12H23N3O3S/c1-5-13-8-11-6-7-12(18-11)19(16,17)14-10(2)9-15(3)4/h6-7,10,13-14H,5,8-9H2,1-4H3. The maximum absolute atomic E-state index is 12.1. The molecule has 0 amide bonds. The van der Waals surface area contributed by atoms with E-state index in [1.165, 1.54) is 6.07 Å². The molecule has 1 unspecified atom stereocenters. The number of nitrogens with one attached hydrogen (secondary N) is 2. The molecule has 2 N–H and O–H groups in total. The maximum atomic E-state index is 12.1. The van der Waals surface area contributed by atoms with Crippen LogP contribution in [0.25, 0.3) is 0 Å². The smallest absolute Gasteiger partial charge is 0.274 e. The molecular weight excluding hydrogens is 266 g/mol. The average Bonchev–Trinajstić information content (AvgIpc) is 2.73. The van der Waals surface area contributed by atoms with E-state index in [0.717, 1.165) is 6.54 Å². The summed E-state index contributed by atoms with van der Waals surface area (Å²) in [5.41, 5.74) is 0.